The predicted molar refractivity (Wildman–Crippen MR) is 71.3 cm³/mol. The Balaban J connectivity index is 2.37. The van der Waals surface area contributed by atoms with Gasteiger partial charge in [0.25, 0.3) is 0 Å². The van der Waals surface area contributed by atoms with Gasteiger partial charge in [-0.1, -0.05) is 46.3 Å². The first-order valence-electron chi connectivity index (χ1n) is 7.24. The Morgan fingerprint density at radius 2 is 1.75 bits per heavy atom. The van der Waals surface area contributed by atoms with Crippen LogP contribution in [-0.4, -0.2) is 0 Å². The lowest BCUT2D eigenvalue weighted by Gasteiger charge is -2.47. The Bertz CT molecular complexity index is 251. The third kappa shape index (κ3) is 1.85. The molecule has 2 bridgehead atoms. The first kappa shape index (κ1) is 12.2. The van der Waals surface area contributed by atoms with Crippen molar-refractivity contribution in [3.63, 3.8) is 0 Å². The highest BCUT2D eigenvalue weighted by Gasteiger charge is 2.46. The first-order chi connectivity index (χ1) is 7.57. The van der Waals surface area contributed by atoms with Gasteiger partial charge in [-0.15, -0.1) is 0 Å². The maximum atomic E-state index is 2.53. The largest absolute Gasteiger partial charge is 0.0880 e. The van der Waals surface area contributed by atoms with Crippen molar-refractivity contribution in [1.29, 1.82) is 0 Å². The number of allylic oxidation sites excluding steroid dienone is 2. The van der Waals surface area contributed by atoms with E-state index in [2.05, 4.69) is 39.8 Å². The minimum absolute atomic E-state index is 0.602. The van der Waals surface area contributed by atoms with Gasteiger partial charge in [0.05, 0.1) is 0 Å². The minimum atomic E-state index is 0.602. The van der Waals surface area contributed by atoms with Gasteiger partial charge >= 0.3 is 0 Å². The fourth-order valence-electron chi connectivity index (χ4n) is 4.64. The molecule has 0 aromatic rings. The van der Waals surface area contributed by atoms with Gasteiger partial charge < -0.3 is 0 Å². The maximum Gasteiger partial charge on any atom is -0.0215 e. The molecule has 0 amide bonds. The fourth-order valence-corrected chi connectivity index (χ4v) is 4.64. The summed E-state index contributed by atoms with van der Waals surface area (Å²) in [6.45, 7) is 9.84. The van der Waals surface area contributed by atoms with Crippen LogP contribution in [0.1, 0.15) is 59.8 Å². The topological polar surface area (TPSA) is 0 Å². The van der Waals surface area contributed by atoms with E-state index in [4.69, 9.17) is 0 Å². The van der Waals surface area contributed by atoms with Gasteiger partial charge in [-0.3, -0.25) is 0 Å². The van der Waals surface area contributed by atoms with E-state index < -0.39 is 0 Å². The molecule has 92 valence electrons. The highest BCUT2D eigenvalue weighted by Crippen LogP contribution is 2.55. The minimum Gasteiger partial charge on any atom is -0.0880 e. The molecule has 2 unspecified atom stereocenters. The summed E-state index contributed by atoms with van der Waals surface area (Å²) in [5.41, 5.74) is 0.602. The van der Waals surface area contributed by atoms with Crippen LogP contribution in [0.15, 0.2) is 12.2 Å². The van der Waals surface area contributed by atoms with Crippen LogP contribution in [0.25, 0.3) is 0 Å². The summed E-state index contributed by atoms with van der Waals surface area (Å²) in [4.78, 5) is 0. The van der Waals surface area contributed by atoms with Crippen molar-refractivity contribution in [2.45, 2.75) is 59.8 Å². The second-order valence-electron chi connectivity index (χ2n) is 6.68. The second kappa shape index (κ2) is 4.55. The Kier molecular flexibility index (Phi) is 3.47. The Morgan fingerprint density at radius 1 is 1.06 bits per heavy atom. The molecule has 0 radical (unpaired) electrons. The standard InChI is InChI=1S/C16H28/c1-12(2)16(13(3)4)11-14-7-5-9-15(16)10-6-8-14/h5,7,12-15H,6,8-11H2,1-4H3. The zero-order valence-corrected chi connectivity index (χ0v) is 11.5. The van der Waals surface area contributed by atoms with Crippen LogP contribution >= 0.6 is 0 Å². The van der Waals surface area contributed by atoms with Crippen molar-refractivity contribution in [2.24, 2.45) is 29.1 Å². The molecular formula is C16H28. The summed E-state index contributed by atoms with van der Waals surface area (Å²) in [6, 6.07) is 0. The molecule has 2 rings (SSSR count). The highest BCUT2D eigenvalue weighted by atomic mass is 14.5. The molecule has 1 saturated carbocycles. The monoisotopic (exact) mass is 220 g/mol. The fraction of sp³-hybridized carbons (Fsp3) is 0.875. The van der Waals surface area contributed by atoms with Gasteiger partial charge in [0, 0.05) is 0 Å². The molecule has 2 atom stereocenters. The molecule has 0 saturated heterocycles. The van der Waals surface area contributed by atoms with Crippen LogP contribution in [0.2, 0.25) is 0 Å². The first-order valence-corrected chi connectivity index (χ1v) is 7.24. The smallest absolute Gasteiger partial charge is 0.0215 e. The van der Waals surface area contributed by atoms with Crippen LogP contribution in [0, 0.1) is 29.1 Å². The van der Waals surface area contributed by atoms with E-state index in [0.29, 0.717) is 5.41 Å². The van der Waals surface area contributed by atoms with Gasteiger partial charge in [0.15, 0.2) is 0 Å². The van der Waals surface area contributed by atoms with E-state index in [9.17, 15) is 0 Å². The summed E-state index contributed by atoms with van der Waals surface area (Å²) < 4.78 is 0. The van der Waals surface area contributed by atoms with Gasteiger partial charge in [-0.05, 0) is 54.8 Å². The SMILES string of the molecule is CC(C)C1(C(C)C)CC2C=CCC1CCC2. The van der Waals surface area contributed by atoms with Crippen molar-refractivity contribution in [2.75, 3.05) is 0 Å². The summed E-state index contributed by atoms with van der Waals surface area (Å²) >= 11 is 0. The van der Waals surface area contributed by atoms with Gasteiger partial charge in [0.2, 0.25) is 0 Å². The van der Waals surface area contributed by atoms with Gasteiger partial charge in [-0.2, -0.15) is 0 Å². The lowest BCUT2D eigenvalue weighted by atomic mass is 9.58. The van der Waals surface area contributed by atoms with E-state index in [0.717, 1.165) is 23.7 Å². The van der Waals surface area contributed by atoms with E-state index in [-0.39, 0.29) is 0 Å². The molecule has 1 fully saturated rings. The molecule has 0 nitrogen and oxygen atoms in total. The lowest BCUT2D eigenvalue weighted by molar-refractivity contribution is 0.0199. The predicted octanol–water partition coefficient (Wildman–Crippen LogP) is 5.05. The Hall–Kier alpha value is -0.260. The average Bonchev–Trinajstić information content (AvgIpc) is 2.44. The molecule has 0 N–H and O–H groups in total. The second-order valence-corrected chi connectivity index (χ2v) is 6.68. The summed E-state index contributed by atoms with van der Waals surface area (Å²) in [5, 5.41) is 0. The molecule has 0 aromatic heterocycles. The van der Waals surface area contributed by atoms with Gasteiger partial charge in [0.1, 0.15) is 0 Å². The molecule has 0 aliphatic heterocycles. The normalized spacial score (nSPS) is 33.1. The van der Waals surface area contributed by atoms with E-state index in [1.54, 1.807) is 0 Å². The summed E-state index contributed by atoms with van der Waals surface area (Å²) in [5.74, 6) is 3.48. The number of hydrogen-bond donors (Lipinski definition) is 0. The molecule has 2 aliphatic rings. The van der Waals surface area contributed by atoms with E-state index in [1.165, 1.54) is 32.1 Å². The average molecular weight is 220 g/mol. The van der Waals surface area contributed by atoms with Crippen molar-refractivity contribution in [1.82, 2.24) is 0 Å². The lowest BCUT2D eigenvalue weighted by Crippen LogP contribution is -2.40. The number of rotatable bonds is 2. The quantitative estimate of drug-likeness (QED) is 0.571. The summed E-state index contributed by atoms with van der Waals surface area (Å²) in [7, 11) is 0. The Morgan fingerprint density at radius 3 is 2.38 bits per heavy atom. The van der Waals surface area contributed by atoms with Crippen molar-refractivity contribution in [3.05, 3.63) is 12.2 Å². The van der Waals surface area contributed by atoms with Crippen molar-refractivity contribution >= 4 is 0 Å². The maximum absolute atomic E-state index is 2.53. The third-order valence-electron chi connectivity index (χ3n) is 5.48. The van der Waals surface area contributed by atoms with Crippen LogP contribution in [0.4, 0.5) is 0 Å². The molecule has 0 heterocycles. The van der Waals surface area contributed by atoms with Crippen LogP contribution < -0.4 is 0 Å². The molecular weight excluding hydrogens is 192 g/mol. The summed E-state index contributed by atoms with van der Waals surface area (Å²) in [6.07, 6.45) is 12.2. The molecule has 16 heavy (non-hydrogen) atoms. The van der Waals surface area contributed by atoms with Crippen LogP contribution in [0.3, 0.4) is 0 Å². The Labute approximate surface area is 102 Å². The van der Waals surface area contributed by atoms with Crippen molar-refractivity contribution in [3.8, 4) is 0 Å². The number of hydrogen-bond acceptors (Lipinski definition) is 0. The zero-order chi connectivity index (χ0) is 11.8. The van der Waals surface area contributed by atoms with E-state index in [1.807, 2.05) is 0 Å². The van der Waals surface area contributed by atoms with Crippen molar-refractivity contribution < 1.29 is 0 Å². The molecule has 2 aliphatic carbocycles. The highest BCUT2D eigenvalue weighted by molar-refractivity contribution is 5.05. The zero-order valence-electron chi connectivity index (χ0n) is 11.5. The van der Waals surface area contributed by atoms with Crippen LogP contribution in [0.5, 0.6) is 0 Å². The van der Waals surface area contributed by atoms with E-state index >= 15 is 0 Å². The molecule has 0 spiro atoms. The van der Waals surface area contributed by atoms with Crippen LogP contribution in [-0.2, 0) is 0 Å². The third-order valence-corrected chi connectivity index (χ3v) is 5.48. The number of fused-ring (bicyclic) bond motifs is 3. The molecule has 0 aromatic carbocycles. The molecule has 0 heteroatoms. The van der Waals surface area contributed by atoms with Gasteiger partial charge in [-0.25, -0.2) is 0 Å².